The molecule has 1 amide bonds. The average Bonchev–Trinajstić information content (AvgIpc) is 2.48. The molecule has 2 nitrogen and oxygen atoms in total. The summed E-state index contributed by atoms with van der Waals surface area (Å²) in [4.78, 5) is 12.1. The first kappa shape index (κ1) is 14.3. The Morgan fingerprint density at radius 3 is 2.35 bits per heavy atom. The van der Waals surface area contributed by atoms with E-state index in [1.54, 1.807) is 0 Å². The number of benzene rings is 2. The molecule has 0 bridgehead atoms. The summed E-state index contributed by atoms with van der Waals surface area (Å²) in [5.74, 6) is -0.495. The summed E-state index contributed by atoms with van der Waals surface area (Å²) < 4.78 is 12.8. The van der Waals surface area contributed by atoms with Gasteiger partial charge in [0.1, 0.15) is 5.82 Å². The number of nitrogens with one attached hydrogen (secondary N) is 1. The molecule has 3 heteroatoms. The third-order valence-electron chi connectivity index (χ3n) is 3.26. The fourth-order valence-electron chi connectivity index (χ4n) is 2.07. The van der Waals surface area contributed by atoms with Crippen molar-refractivity contribution in [2.45, 2.75) is 25.8 Å². The fourth-order valence-corrected chi connectivity index (χ4v) is 2.07. The first-order chi connectivity index (χ1) is 9.69. The van der Waals surface area contributed by atoms with E-state index in [0.717, 1.165) is 12.8 Å². The van der Waals surface area contributed by atoms with Gasteiger partial charge in [0, 0.05) is 11.6 Å². The molecule has 0 heterocycles. The Morgan fingerprint density at radius 2 is 1.75 bits per heavy atom. The summed E-state index contributed by atoms with van der Waals surface area (Å²) in [5, 5.41) is 2.99. The van der Waals surface area contributed by atoms with E-state index in [2.05, 4.69) is 5.32 Å². The molecule has 1 atom stereocenters. The van der Waals surface area contributed by atoms with Crippen LogP contribution in [0.4, 0.5) is 4.39 Å². The van der Waals surface area contributed by atoms with Crippen molar-refractivity contribution < 1.29 is 9.18 Å². The van der Waals surface area contributed by atoms with Gasteiger partial charge < -0.3 is 5.32 Å². The maximum Gasteiger partial charge on any atom is 0.251 e. The first-order valence-electron chi connectivity index (χ1n) is 6.79. The van der Waals surface area contributed by atoms with Crippen molar-refractivity contribution in [1.82, 2.24) is 5.32 Å². The van der Waals surface area contributed by atoms with Crippen LogP contribution in [0.2, 0.25) is 0 Å². The summed E-state index contributed by atoms with van der Waals surface area (Å²) in [5.41, 5.74) is 1.68. The zero-order valence-electron chi connectivity index (χ0n) is 11.5. The van der Waals surface area contributed by atoms with E-state index in [1.165, 1.54) is 29.8 Å². The number of carbonyl (C=O) groups is 1. The molecule has 0 saturated heterocycles. The summed E-state index contributed by atoms with van der Waals surface area (Å²) >= 11 is 0. The number of amides is 1. The molecular formula is C17H18FNO. The average molecular weight is 271 g/mol. The van der Waals surface area contributed by atoms with Gasteiger partial charge in [-0.3, -0.25) is 4.79 Å². The molecule has 0 radical (unpaired) electrons. The van der Waals surface area contributed by atoms with Gasteiger partial charge in [-0.15, -0.1) is 0 Å². The molecule has 104 valence electrons. The van der Waals surface area contributed by atoms with Crippen LogP contribution in [0.1, 0.15) is 29.3 Å². The van der Waals surface area contributed by atoms with Crippen LogP contribution in [0.5, 0.6) is 0 Å². The molecule has 2 aromatic rings. The summed E-state index contributed by atoms with van der Waals surface area (Å²) in [7, 11) is 0. The summed E-state index contributed by atoms with van der Waals surface area (Å²) in [6, 6.07) is 15.7. The number of hydrogen-bond donors (Lipinski definition) is 1. The van der Waals surface area contributed by atoms with Crippen LogP contribution < -0.4 is 5.32 Å². The zero-order chi connectivity index (χ0) is 14.4. The van der Waals surface area contributed by atoms with Gasteiger partial charge in [-0.05, 0) is 42.7 Å². The highest BCUT2D eigenvalue weighted by atomic mass is 19.1. The number of hydrogen-bond acceptors (Lipinski definition) is 1. The van der Waals surface area contributed by atoms with Crippen LogP contribution >= 0.6 is 0 Å². The number of rotatable bonds is 5. The molecule has 0 aliphatic rings. The quantitative estimate of drug-likeness (QED) is 0.885. The Hall–Kier alpha value is -2.16. The van der Waals surface area contributed by atoms with Crippen LogP contribution in [-0.2, 0) is 6.42 Å². The second kappa shape index (κ2) is 6.85. The monoisotopic (exact) mass is 271 g/mol. The van der Waals surface area contributed by atoms with Crippen LogP contribution in [0, 0.1) is 5.82 Å². The van der Waals surface area contributed by atoms with Crippen molar-refractivity contribution in [3.8, 4) is 0 Å². The van der Waals surface area contributed by atoms with Gasteiger partial charge >= 0.3 is 0 Å². The third kappa shape index (κ3) is 3.92. The lowest BCUT2D eigenvalue weighted by Gasteiger charge is -2.17. The summed E-state index contributed by atoms with van der Waals surface area (Å²) in [6.07, 6.45) is 1.64. The van der Waals surface area contributed by atoms with Gasteiger partial charge in [0.2, 0.25) is 0 Å². The van der Waals surface area contributed by atoms with Crippen LogP contribution in [-0.4, -0.2) is 11.9 Å². The predicted molar refractivity (Wildman–Crippen MR) is 78.1 cm³/mol. The molecule has 1 N–H and O–H groups in total. The van der Waals surface area contributed by atoms with Gasteiger partial charge in [-0.2, -0.15) is 0 Å². The normalized spacial score (nSPS) is 11.9. The molecule has 0 spiro atoms. The SMILES string of the molecule is CC[C@H](Cc1ccccc1)NC(=O)c1ccc(F)cc1. The van der Waals surface area contributed by atoms with Gasteiger partial charge in [0.25, 0.3) is 5.91 Å². The standard InChI is InChI=1S/C17H18FNO/c1-2-16(12-13-6-4-3-5-7-13)19-17(20)14-8-10-15(18)11-9-14/h3-11,16H,2,12H2,1H3,(H,19,20)/t16-/m1/s1. The minimum absolute atomic E-state index is 0.0787. The smallest absolute Gasteiger partial charge is 0.251 e. The van der Waals surface area contributed by atoms with Crippen molar-refractivity contribution >= 4 is 5.91 Å². The van der Waals surface area contributed by atoms with Crippen LogP contribution in [0.3, 0.4) is 0 Å². The minimum Gasteiger partial charge on any atom is -0.349 e. The fraction of sp³-hybridized carbons (Fsp3) is 0.235. The summed E-state index contributed by atoms with van der Waals surface area (Å²) in [6.45, 7) is 2.04. The van der Waals surface area contributed by atoms with E-state index in [1.807, 2.05) is 37.3 Å². The lowest BCUT2D eigenvalue weighted by Crippen LogP contribution is -2.35. The third-order valence-corrected chi connectivity index (χ3v) is 3.26. The number of halogens is 1. The Morgan fingerprint density at radius 1 is 1.10 bits per heavy atom. The zero-order valence-corrected chi connectivity index (χ0v) is 11.5. The largest absolute Gasteiger partial charge is 0.349 e. The Kier molecular flexibility index (Phi) is 4.88. The van der Waals surface area contributed by atoms with Crippen molar-refractivity contribution in [3.05, 3.63) is 71.5 Å². The van der Waals surface area contributed by atoms with E-state index in [0.29, 0.717) is 5.56 Å². The van der Waals surface area contributed by atoms with E-state index in [4.69, 9.17) is 0 Å². The van der Waals surface area contributed by atoms with Crippen molar-refractivity contribution in [2.24, 2.45) is 0 Å². The highest BCUT2D eigenvalue weighted by Gasteiger charge is 2.12. The molecule has 2 rings (SSSR count). The van der Waals surface area contributed by atoms with E-state index in [9.17, 15) is 9.18 Å². The second-order valence-corrected chi connectivity index (χ2v) is 4.78. The first-order valence-corrected chi connectivity index (χ1v) is 6.79. The molecule has 0 aliphatic heterocycles. The minimum atomic E-state index is -0.335. The molecule has 0 aromatic heterocycles. The van der Waals surface area contributed by atoms with Gasteiger partial charge in [-0.1, -0.05) is 37.3 Å². The van der Waals surface area contributed by atoms with Gasteiger partial charge in [0.05, 0.1) is 0 Å². The Bertz CT molecular complexity index is 551. The topological polar surface area (TPSA) is 29.1 Å². The number of carbonyl (C=O) groups excluding carboxylic acids is 1. The maximum absolute atomic E-state index is 12.8. The maximum atomic E-state index is 12.8. The predicted octanol–water partition coefficient (Wildman–Crippen LogP) is 3.58. The van der Waals surface area contributed by atoms with Gasteiger partial charge in [0.15, 0.2) is 0 Å². The lowest BCUT2D eigenvalue weighted by molar-refractivity contribution is 0.0936. The van der Waals surface area contributed by atoms with Crippen molar-refractivity contribution in [3.63, 3.8) is 0 Å². The van der Waals surface area contributed by atoms with Crippen molar-refractivity contribution in [2.75, 3.05) is 0 Å². The Balaban J connectivity index is 1.99. The molecule has 2 aromatic carbocycles. The molecule has 0 aliphatic carbocycles. The molecule has 20 heavy (non-hydrogen) atoms. The van der Waals surface area contributed by atoms with Gasteiger partial charge in [-0.25, -0.2) is 4.39 Å². The highest BCUT2D eigenvalue weighted by molar-refractivity contribution is 5.94. The molecular weight excluding hydrogens is 253 g/mol. The van der Waals surface area contributed by atoms with E-state index >= 15 is 0 Å². The molecule has 0 fully saturated rings. The second-order valence-electron chi connectivity index (χ2n) is 4.78. The highest BCUT2D eigenvalue weighted by Crippen LogP contribution is 2.08. The van der Waals surface area contributed by atoms with Crippen molar-refractivity contribution in [1.29, 1.82) is 0 Å². The van der Waals surface area contributed by atoms with Crippen LogP contribution in [0.25, 0.3) is 0 Å². The van der Waals surface area contributed by atoms with E-state index in [-0.39, 0.29) is 17.8 Å². The lowest BCUT2D eigenvalue weighted by atomic mass is 10.0. The van der Waals surface area contributed by atoms with E-state index < -0.39 is 0 Å². The molecule has 0 unspecified atom stereocenters. The van der Waals surface area contributed by atoms with Crippen LogP contribution in [0.15, 0.2) is 54.6 Å². The Labute approximate surface area is 118 Å². The molecule has 0 saturated carbocycles.